The van der Waals surface area contributed by atoms with Gasteiger partial charge in [-0.1, -0.05) is 17.7 Å². The first kappa shape index (κ1) is 13.7. The minimum atomic E-state index is -0.567. The van der Waals surface area contributed by atoms with E-state index in [-0.39, 0.29) is 16.8 Å². The molecule has 1 atom stereocenters. The zero-order valence-electron chi connectivity index (χ0n) is 10.1. The summed E-state index contributed by atoms with van der Waals surface area (Å²) in [5, 5.41) is 2.81. The molecule has 1 nitrogen and oxygen atoms in total. The van der Waals surface area contributed by atoms with Gasteiger partial charge in [-0.2, -0.15) is 0 Å². The Kier molecular flexibility index (Phi) is 4.00. The van der Waals surface area contributed by atoms with E-state index < -0.39 is 17.5 Å². The number of hydrogen-bond acceptors (Lipinski definition) is 1. The van der Waals surface area contributed by atoms with Crippen LogP contribution in [0.15, 0.2) is 36.4 Å². The number of rotatable bonds is 3. The summed E-state index contributed by atoms with van der Waals surface area (Å²) >= 11 is 5.59. The molecular weight excluding hydrogens is 275 g/mol. The van der Waals surface area contributed by atoms with Gasteiger partial charge in [0.05, 0.1) is 10.7 Å². The molecule has 5 heteroatoms. The Labute approximate surface area is 114 Å². The van der Waals surface area contributed by atoms with Crippen LogP contribution in [-0.2, 0) is 0 Å². The molecule has 1 unspecified atom stereocenters. The Morgan fingerprint density at radius 2 is 1.74 bits per heavy atom. The van der Waals surface area contributed by atoms with Crippen molar-refractivity contribution in [1.82, 2.24) is 0 Å². The van der Waals surface area contributed by atoms with Gasteiger partial charge in [-0.05, 0) is 42.8 Å². The van der Waals surface area contributed by atoms with Gasteiger partial charge in [0.25, 0.3) is 0 Å². The van der Waals surface area contributed by atoms with Gasteiger partial charge in [0.15, 0.2) is 0 Å². The minimum Gasteiger partial charge on any atom is -0.376 e. The molecule has 0 bridgehead atoms. The summed E-state index contributed by atoms with van der Waals surface area (Å²) in [6.07, 6.45) is 0. The van der Waals surface area contributed by atoms with Crippen molar-refractivity contribution in [3.05, 3.63) is 64.4 Å². The summed E-state index contributed by atoms with van der Waals surface area (Å²) in [4.78, 5) is 0. The second-order valence-corrected chi connectivity index (χ2v) is 4.57. The fourth-order valence-electron chi connectivity index (χ4n) is 1.71. The molecule has 0 aliphatic rings. The molecule has 0 aliphatic heterocycles. The molecule has 100 valence electrons. The van der Waals surface area contributed by atoms with Gasteiger partial charge >= 0.3 is 0 Å². The zero-order valence-corrected chi connectivity index (χ0v) is 10.8. The summed E-state index contributed by atoms with van der Waals surface area (Å²) in [6.45, 7) is 1.72. The molecule has 2 aromatic carbocycles. The lowest BCUT2D eigenvalue weighted by molar-refractivity contribution is 0.600. The van der Waals surface area contributed by atoms with Crippen molar-refractivity contribution < 1.29 is 13.2 Å². The Balaban J connectivity index is 2.22. The van der Waals surface area contributed by atoms with E-state index >= 15 is 0 Å². The minimum absolute atomic E-state index is 0.0212. The summed E-state index contributed by atoms with van der Waals surface area (Å²) < 4.78 is 39.8. The number of anilines is 1. The third kappa shape index (κ3) is 3.20. The van der Waals surface area contributed by atoms with E-state index in [4.69, 9.17) is 11.6 Å². The Hall–Kier alpha value is -1.68. The highest BCUT2D eigenvalue weighted by atomic mass is 35.5. The molecule has 0 saturated carbocycles. The van der Waals surface area contributed by atoms with Crippen LogP contribution in [0.5, 0.6) is 0 Å². The summed E-state index contributed by atoms with van der Waals surface area (Å²) in [7, 11) is 0. The van der Waals surface area contributed by atoms with Crippen molar-refractivity contribution in [1.29, 1.82) is 0 Å². The highest BCUT2D eigenvalue weighted by Crippen LogP contribution is 2.25. The number of benzene rings is 2. The van der Waals surface area contributed by atoms with Crippen LogP contribution >= 0.6 is 11.6 Å². The van der Waals surface area contributed by atoms with Crippen molar-refractivity contribution in [3.8, 4) is 0 Å². The van der Waals surface area contributed by atoms with Crippen molar-refractivity contribution in [2.75, 3.05) is 5.32 Å². The van der Waals surface area contributed by atoms with E-state index in [1.807, 2.05) is 0 Å². The van der Waals surface area contributed by atoms with Crippen molar-refractivity contribution >= 4 is 17.3 Å². The first-order chi connectivity index (χ1) is 8.97. The molecule has 1 N–H and O–H groups in total. The van der Waals surface area contributed by atoms with Crippen LogP contribution in [0.3, 0.4) is 0 Å². The average molecular weight is 286 g/mol. The van der Waals surface area contributed by atoms with Gasteiger partial charge in [0.2, 0.25) is 0 Å². The maximum absolute atomic E-state index is 13.5. The monoisotopic (exact) mass is 285 g/mol. The first-order valence-corrected chi connectivity index (χ1v) is 6.01. The van der Waals surface area contributed by atoms with Crippen LogP contribution in [0.2, 0.25) is 5.02 Å². The van der Waals surface area contributed by atoms with Gasteiger partial charge in [-0.25, -0.2) is 13.2 Å². The molecule has 19 heavy (non-hydrogen) atoms. The lowest BCUT2D eigenvalue weighted by Crippen LogP contribution is -2.08. The van der Waals surface area contributed by atoms with Gasteiger partial charge in [-0.15, -0.1) is 0 Å². The second kappa shape index (κ2) is 5.53. The smallest absolute Gasteiger partial charge is 0.146 e. The third-order valence-corrected chi connectivity index (χ3v) is 3.05. The highest BCUT2D eigenvalue weighted by Gasteiger charge is 2.11. The fourth-order valence-corrected chi connectivity index (χ4v) is 1.82. The molecule has 0 fully saturated rings. The van der Waals surface area contributed by atoms with E-state index in [0.717, 1.165) is 18.2 Å². The molecule has 0 aliphatic carbocycles. The average Bonchev–Trinajstić information content (AvgIpc) is 2.37. The van der Waals surface area contributed by atoms with Crippen LogP contribution in [-0.4, -0.2) is 0 Å². The predicted octanol–water partition coefficient (Wildman–Crippen LogP) is 4.93. The van der Waals surface area contributed by atoms with E-state index in [2.05, 4.69) is 5.32 Å². The lowest BCUT2D eigenvalue weighted by Gasteiger charge is -2.16. The van der Waals surface area contributed by atoms with E-state index in [1.54, 1.807) is 13.0 Å². The molecule has 0 radical (unpaired) electrons. The van der Waals surface area contributed by atoms with Gasteiger partial charge in [0.1, 0.15) is 17.5 Å². The first-order valence-electron chi connectivity index (χ1n) is 5.64. The summed E-state index contributed by atoms with van der Waals surface area (Å²) in [5.41, 5.74) is 0.619. The van der Waals surface area contributed by atoms with Crippen molar-refractivity contribution in [2.24, 2.45) is 0 Å². The maximum atomic E-state index is 13.5. The standard InChI is InChI=1S/C14H11ClF3N/c1-8(9-2-4-11(15)13(18)6-9)19-14-7-10(16)3-5-12(14)17/h2-8,19H,1H3. The number of hydrogen-bond donors (Lipinski definition) is 1. The Morgan fingerprint density at radius 3 is 2.42 bits per heavy atom. The molecule has 0 heterocycles. The Bertz CT molecular complexity index is 601. The van der Waals surface area contributed by atoms with Crippen molar-refractivity contribution in [2.45, 2.75) is 13.0 Å². The fraction of sp³-hybridized carbons (Fsp3) is 0.143. The van der Waals surface area contributed by atoms with Crippen LogP contribution in [0, 0.1) is 17.5 Å². The second-order valence-electron chi connectivity index (χ2n) is 4.16. The van der Waals surface area contributed by atoms with Crippen LogP contribution in [0.25, 0.3) is 0 Å². The SMILES string of the molecule is CC(Nc1cc(F)ccc1F)c1ccc(Cl)c(F)c1. The van der Waals surface area contributed by atoms with Crippen molar-refractivity contribution in [3.63, 3.8) is 0 Å². The van der Waals surface area contributed by atoms with Crippen LogP contribution < -0.4 is 5.32 Å². The molecule has 2 aromatic rings. The van der Waals surface area contributed by atoms with Gasteiger partial charge in [-0.3, -0.25) is 0 Å². The highest BCUT2D eigenvalue weighted by molar-refractivity contribution is 6.30. The quantitative estimate of drug-likeness (QED) is 0.843. The van der Waals surface area contributed by atoms with Crippen LogP contribution in [0.1, 0.15) is 18.5 Å². The molecule has 0 spiro atoms. The predicted molar refractivity (Wildman–Crippen MR) is 69.8 cm³/mol. The zero-order chi connectivity index (χ0) is 14.0. The van der Waals surface area contributed by atoms with E-state index in [0.29, 0.717) is 5.56 Å². The Morgan fingerprint density at radius 1 is 1.00 bits per heavy atom. The van der Waals surface area contributed by atoms with E-state index in [9.17, 15) is 13.2 Å². The summed E-state index contributed by atoms with van der Waals surface area (Å²) in [6, 6.07) is 7.05. The molecule has 0 saturated heterocycles. The van der Waals surface area contributed by atoms with E-state index in [1.165, 1.54) is 12.1 Å². The van der Waals surface area contributed by atoms with Crippen LogP contribution in [0.4, 0.5) is 18.9 Å². The van der Waals surface area contributed by atoms with Gasteiger partial charge in [0, 0.05) is 6.04 Å². The maximum Gasteiger partial charge on any atom is 0.146 e. The summed E-state index contributed by atoms with van der Waals surface area (Å²) in [5.74, 6) is -1.66. The molecule has 2 rings (SSSR count). The van der Waals surface area contributed by atoms with Gasteiger partial charge < -0.3 is 5.32 Å². The largest absolute Gasteiger partial charge is 0.376 e. The molecular formula is C14H11ClF3N. The topological polar surface area (TPSA) is 12.0 Å². The molecule has 0 aromatic heterocycles. The number of nitrogens with one attached hydrogen (secondary N) is 1. The third-order valence-electron chi connectivity index (χ3n) is 2.74. The normalized spacial score (nSPS) is 12.3. The molecule has 0 amide bonds. The lowest BCUT2D eigenvalue weighted by atomic mass is 10.1. The number of halogens is 4.